The number of piperidine rings is 1. The molecule has 0 spiro atoms. The zero-order chi connectivity index (χ0) is 12.5. The quantitative estimate of drug-likeness (QED) is 0.777. The van der Waals surface area contributed by atoms with Crippen molar-refractivity contribution in [2.24, 2.45) is 11.8 Å². The fourth-order valence-electron chi connectivity index (χ4n) is 2.27. The molecule has 0 bridgehead atoms. The molecule has 2 atom stereocenters. The van der Waals surface area contributed by atoms with Crippen molar-refractivity contribution in [3.63, 3.8) is 0 Å². The number of hydrogen-bond donors (Lipinski definition) is 1. The minimum Gasteiger partial charge on any atom is -0.201 e. The molecule has 2 aliphatic rings. The molecule has 0 amide bonds. The Kier molecular flexibility index (Phi) is 4.34. The molecule has 0 radical (unpaired) electrons. The van der Waals surface area contributed by atoms with Crippen LogP contribution in [-0.2, 0) is 10.2 Å². The van der Waals surface area contributed by atoms with Gasteiger partial charge in [-0.15, -0.1) is 11.6 Å². The Morgan fingerprint density at radius 1 is 1.41 bits per heavy atom. The van der Waals surface area contributed by atoms with Gasteiger partial charge in [-0.3, -0.25) is 0 Å². The number of nitrogens with one attached hydrogen (secondary N) is 1. The maximum Gasteiger partial charge on any atom is 0.279 e. The van der Waals surface area contributed by atoms with Crippen LogP contribution in [0.5, 0.6) is 0 Å². The standard InChI is InChI=1S/C11H21ClN2O2S/c1-9-3-2-6-14(8-9)17(15,16)13-7-11(12)10-4-5-10/h9-11,13H,2-8H2,1H3. The third kappa shape index (κ3) is 3.81. The summed E-state index contributed by atoms with van der Waals surface area (Å²) in [5.74, 6) is 0.968. The Labute approximate surface area is 109 Å². The fourth-order valence-corrected chi connectivity index (χ4v) is 4.08. The van der Waals surface area contributed by atoms with E-state index >= 15 is 0 Å². The number of rotatable bonds is 5. The van der Waals surface area contributed by atoms with Crippen LogP contribution in [0.15, 0.2) is 0 Å². The predicted molar refractivity (Wildman–Crippen MR) is 69.3 cm³/mol. The van der Waals surface area contributed by atoms with Gasteiger partial charge >= 0.3 is 0 Å². The van der Waals surface area contributed by atoms with E-state index in [2.05, 4.69) is 11.6 Å². The number of halogens is 1. The summed E-state index contributed by atoms with van der Waals surface area (Å²) in [5.41, 5.74) is 0. The van der Waals surface area contributed by atoms with Crippen LogP contribution < -0.4 is 4.72 Å². The third-order valence-corrected chi connectivity index (χ3v) is 5.61. The first kappa shape index (κ1) is 13.6. The van der Waals surface area contributed by atoms with Crippen LogP contribution in [0.1, 0.15) is 32.6 Å². The van der Waals surface area contributed by atoms with Crippen molar-refractivity contribution in [1.29, 1.82) is 0 Å². The Morgan fingerprint density at radius 2 is 2.12 bits per heavy atom. The molecule has 6 heteroatoms. The predicted octanol–water partition coefficient (Wildman–Crippen LogP) is 1.57. The lowest BCUT2D eigenvalue weighted by molar-refractivity contribution is 0.278. The number of hydrogen-bond acceptors (Lipinski definition) is 2. The highest BCUT2D eigenvalue weighted by Crippen LogP contribution is 2.35. The average molecular weight is 281 g/mol. The summed E-state index contributed by atoms with van der Waals surface area (Å²) < 4.78 is 28.3. The second-order valence-electron chi connectivity index (χ2n) is 5.31. The van der Waals surface area contributed by atoms with Gasteiger partial charge in [-0.25, -0.2) is 4.72 Å². The molecule has 2 unspecified atom stereocenters. The van der Waals surface area contributed by atoms with E-state index in [-0.39, 0.29) is 5.38 Å². The first-order valence-electron chi connectivity index (χ1n) is 6.38. The van der Waals surface area contributed by atoms with E-state index in [1.807, 2.05) is 0 Å². The van der Waals surface area contributed by atoms with Gasteiger partial charge in [0.2, 0.25) is 0 Å². The van der Waals surface area contributed by atoms with Gasteiger partial charge in [-0.2, -0.15) is 12.7 Å². The normalized spacial score (nSPS) is 29.2. The minimum absolute atomic E-state index is 0.0491. The molecule has 2 fully saturated rings. The van der Waals surface area contributed by atoms with E-state index in [4.69, 9.17) is 11.6 Å². The number of alkyl halides is 1. The van der Waals surface area contributed by atoms with Crippen LogP contribution in [-0.4, -0.2) is 37.7 Å². The van der Waals surface area contributed by atoms with Crippen molar-refractivity contribution >= 4 is 21.8 Å². The number of nitrogens with zero attached hydrogens (tertiary/aromatic N) is 1. The Balaban J connectivity index is 1.84. The topological polar surface area (TPSA) is 49.4 Å². The van der Waals surface area contributed by atoms with Gasteiger partial charge in [0.25, 0.3) is 10.2 Å². The van der Waals surface area contributed by atoms with Gasteiger partial charge in [-0.1, -0.05) is 6.92 Å². The summed E-state index contributed by atoms with van der Waals surface area (Å²) in [6, 6.07) is 0. The van der Waals surface area contributed by atoms with Crippen molar-refractivity contribution in [3.05, 3.63) is 0 Å². The second kappa shape index (κ2) is 5.43. The monoisotopic (exact) mass is 280 g/mol. The summed E-state index contributed by atoms with van der Waals surface area (Å²) in [6.07, 6.45) is 4.34. The van der Waals surface area contributed by atoms with Crippen LogP contribution in [0, 0.1) is 11.8 Å². The average Bonchev–Trinajstić information content (AvgIpc) is 3.10. The summed E-state index contributed by atoms with van der Waals surface area (Å²) in [4.78, 5) is 0. The molecule has 1 aliphatic carbocycles. The van der Waals surface area contributed by atoms with Gasteiger partial charge in [0.15, 0.2) is 0 Å². The van der Waals surface area contributed by atoms with Gasteiger partial charge in [0, 0.05) is 25.0 Å². The smallest absolute Gasteiger partial charge is 0.201 e. The molecule has 0 aromatic heterocycles. The van der Waals surface area contributed by atoms with E-state index in [0.717, 1.165) is 25.7 Å². The van der Waals surface area contributed by atoms with Crippen LogP contribution >= 0.6 is 11.6 Å². The van der Waals surface area contributed by atoms with Gasteiger partial charge in [-0.05, 0) is 37.5 Å². The lowest BCUT2D eigenvalue weighted by Gasteiger charge is -2.30. The minimum atomic E-state index is -3.32. The summed E-state index contributed by atoms with van der Waals surface area (Å²) in [7, 11) is -3.32. The summed E-state index contributed by atoms with van der Waals surface area (Å²) in [6.45, 7) is 3.72. The molecular formula is C11H21ClN2O2S. The second-order valence-corrected chi connectivity index (χ2v) is 7.63. The SMILES string of the molecule is CC1CCCN(S(=O)(=O)NCC(Cl)C2CC2)C1. The van der Waals surface area contributed by atoms with Crippen molar-refractivity contribution in [2.75, 3.05) is 19.6 Å². The van der Waals surface area contributed by atoms with E-state index in [9.17, 15) is 8.42 Å². The van der Waals surface area contributed by atoms with E-state index in [1.165, 1.54) is 0 Å². The summed E-state index contributed by atoms with van der Waals surface area (Å²) in [5, 5.41) is -0.0491. The molecular weight excluding hydrogens is 260 g/mol. The highest BCUT2D eigenvalue weighted by molar-refractivity contribution is 7.87. The Hall–Kier alpha value is 0.160. The molecule has 1 saturated heterocycles. The first-order chi connectivity index (χ1) is 7.99. The van der Waals surface area contributed by atoms with E-state index < -0.39 is 10.2 Å². The molecule has 17 heavy (non-hydrogen) atoms. The lowest BCUT2D eigenvalue weighted by Crippen LogP contribution is -2.47. The fraction of sp³-hybridized carbons (Fsp3) is 1.00. The molecule has 4 nitrogen and oxygen atoms in total. The molecule has 1 N–H and O–H groups in total. The summed E-state index contributed by atoms with van der Waals surface area (Å²) >= 11 is 6.11. The van der Waals surface area contributed by atoms with Crippen molar-refractivity contribution in [2.45, 2.75) is 38.0 Å². The lowest BCUT2D eigenvalue weighted by atomic mass is 10.0. The maximum absolute atomic E-state index is 12.0. The van der Waals surface area contributed by atoms with Crippen molar-refractivity contribution < 1.29 is 8.42 Å². The van der Waals surface area contributed by atoms with E-state index in [0.29, 0.717) is 31.5 Å². The van der Waals surface area contributed by atoms with Crippen LogP contribution in [0.25, 0.3) is 0 Å². The van der Waals surface area contributed by atoms with Crippen molar-refractivity contribution in [3.8, 4) is 0 Å². The van der Waals surface area contributed by atoms with Crippen LogP contribution in [0.2, 0.25) is 0 Å². The highest BCUT2D eigenvalue weighted by atomic mass is 35.5. The molecule has 1 heterocycles. The molecule has 2 rings (SSSR count). The van der Waals surface area contributed by atoms with Crippen molar-refractivity contribution in [1.82, 2.24) is 9.03 Å². The van der Waals surface area contributed by atoms with Crippen LogP contribution in [0.4, 0.5) is 0 Å². The highest BCUT2D eigenvalue weighted by Gasteiger charge is 2.32. The van der Waals surface area contributed by atoms with Crippen LogP contribution in [0.3, 0.4) is 0 Å². The maximum atomic E-state index is 12.0. The van der Waals surface area contributed by atoms with E-state index in [1.54, 1.807) is 4.31 Å². The zero-order valence-corrected chi connectivity index (χ0v) is 11.8. The van der Waals surface area contributed by atoms with Gasteiger partial charge in [0.05, 0.1) is 0 Å². The molecule has 1 saturated carbocycles. The van der Waals surface area contributed by atoms with Gasteiger partial charge in [0.1, 0.15) is 0 Å². The Bertz CT molecular complexity index is 356. The van der Waals surface area contributed by atoms with Gasteiger partial charge < -0.3 is 0 Å². The molecule has 0 aromatic rings. The largest absolute Gasteiger partial charge is 0.279 e. The first-order valence-corrected chi connectivity index (χ1v) is 8.25. The Morgan fingerprint density at radius 3 is 2.71 bits per heavy atom. The molecule has 0 aromatic carbocycles. The molecule has 100 valence electrons. The zero-order valence-electron chi connectivity index (χ0n) is 10.2. The third-order valence-electron chi connectivity index (χ3n) is 3.55. The molecule has 1 aliphatic heterocycles.